The van der Waals surface area contributed by atoms with Gasteiger partial charge in [-0.3, -0.25) is 9.69 Å². The first-order valence-electron chi connectivity index (χ1n) is 12.8. The zero-order valence-electron chi connectivity index (χ0n) is 22.2. The molecule has 1 amide bonds. The maximum absolute atomic E-state index is 14.1. The van der Waals surface area contributed by atoms with Gasteiger partial charge in [-0.15, -0.1) is 0 Å². The molecular weight excluding hydrogens is 494 g/mol. The zero-order valence-corrected chi connectivity index (χ0v) is 23.0. The molecule has 2 aromatic carbocycles. The Labute approximate surface area is 221 Å². The van der Waals surface area contributed by atoms with Gasteiger partial charge in [-0.1, -0.05) is 25.2 Å². The van der Waals surface area contributed by atoms with Gasteiger partial charge in [0.25, 0.3) is 5.91 Å². The molecule has 200 valence electrons. The predicted molar refractivity (Wildman–Crippen MR) is 145 cm³/mol. The summed E-state index contributed by atoms with van der Waals surface area (Å²) >= 11 is 1.45. The summed E-state index contributed by atoms with van der Waals surface area (Å²) in [5.74, 6) is 2.65. The molecule has 1 aromatic heterocycles. The number of likely N-dealkylation sites (N-methyl/N-ethyl adjacent to an activating group) is 1. The normalized spacial score (nSPS) is 12.3. The van der Waals surface area contributed by atoms with Gasteiger partial charge in [0.2, 0.25) is 12.5 Å². The van der Waals surface area contributed by atoms with Crippen molar-refractivity contribution in [3.8, 4) is 28.7 Å². The van der Waals surface area contributed by atoms with E-state index in [0.717, 1.165) is 23.3 Å². The first-order chi connectivity index (χ1) is 18.0. The van der Waals surface area contributed by atoms with Crippen molar-refractivity contribution in [3.63, 3.8) is 0 Å². The molecule has 1 aliphatic heterocycles. The van der Waals surface area contributed by atoms with Crippen LogP contribution in [0.5, 0.6) is 28.7 Å². The molecule has 0 atom stereocenters. The van der Waals surface area contributed by atoms with Crippen molar-refractivity contribution in [2.45, 2.75) is 34.6 Å². The summed E-state index contributed by atoms with van der Waals surface area (Å²) in [6.07, 6.45) is 0. The Morgan fingerprint density at radius 3 is 2.11 bits per heavy atom. The lowest BCUT2D eigenvalue weighted by Crippen LogP contribution is -2.38. The van der Waals surface area contributed by atoms with Crippen LogP contribution in [0.25, 0.3) is 10.2 Å². The SMILES string of the molecule is CCOc1cc(C(=O)N(CCN(CC)CC)c2nc3cc4c(cc3s2)OCO4)cc(OCC)c1OCC. The fourth-order valence-electron chi connectivity index (χ4n) is 4.15. The predicted octanol–water partition coefficient (Wildman–Crippen LogP) is 5.21. The van der Waals surface area contributed by atoms with Crippen LogP contribution < -0.4 is 28.6 Å². The standard InChI is InChI=1S/C27H35N3O6S/c1-6-29(7-2)11-12-30(27-28-19-15-20-21(36-17-35-20)16-24(19)37-27)26(31)18-13-22(32-8-3)25(34-10-5)23(14-18)33-9-4/h13-16H,6-12,17H2,1-5H3. The number of hydrogen-bond acceptors (Lipinski definition) is 9. The van der Waals surface area contributed by atoms with Gasteiger partial charge in [-0.05, 0) is 46.0 Å². The number of rotatable bonds is 13. The summed E-state index contributed by atoms with van der Waals surface area (Å²) in [4.78, 5) is 22.9. The average molecular weight is 530 g/mol. The highest BCUT2D eigenvalue weighted by Gasteiger charge is 2.26. The number of nitrogens with zero attached hydrogens (tertiary/aromatic N) is 3. The molecule has 0 bridgehead atoms. The van der Waals surface area contributed by atoms with Gasteiger partial charge in [-0.25, -0.2) is 4.98 Å². The van der Waals surface area contributed by atoms with E-state index >= 15 is 0 Å². The molecule has 0 saturated heterocycles. The first-order valence-corrected chi connectivity index (χ1v) is 13.6. The number of aromatic nitrogens is 1. The van der Waals surface area contributed by atoms with Crippen molar-refractivity contribution in [2.24, 2.45) is 0 Å². The highest BCUT2D eigenvalue weighted by Crippen LogP contribution is 2.42. The van der Waals surface area contributed by atoms with E-state index in [9.17, 15) is 4.79 Å². The van der Waals surface area contributed by atoms with E-state index in [1.54, 1.807) is 17.0 Å². The number of benzene rings is 2. The van der Waals surface area contributed by atoms with E-state index in [-0.39, 0.29) is 12.7 Å². The van der Waals surface area contributed by atoms with Crippen molar-refractivity contribution >= 4 is 32.6 Å². The zero-order chi connectivity index (χ0) is 26.4. The third kappa shape index (κ3) is 5.86. The summed E-state index contributed by atoms with van der Waals surface area (Å²) < 4.78 is 29.5. The Morgan fingerprint density at radius 2 is 1.51 bits per heavy atom. The van der Waals surface area contributed by atoms with Gasteiger partial charge in [-0.2, -0.15) is 0 Å². The van der Waals surface area contributed by atoms with Crippen LogP contribution in [0.3, 0.4) is 0 Å². The van der Waals surface area contributed by atoms with Crippen LogP contribution in [0.15, 0.2) is 24.3 Å². The number of thiazole rings is 1. The number of hydrogen-bond donors (Lipinski definition) is 0. The van der Waals surface area contributed by atoms with Crippen LogP contribution in [-0.2, 0) is 0 Å². The second-order valence-corrected chi connectivity index (χ2v) is 9.26. The molecule has 0 unspecified atom stereocenters. The average Bonchev–Trinajstić information content (AvgIpc) is 3.52. The highest BCUT2D eigenvalue weighted by atomic mass is 32.1. The summed E-state index contributed by atoms with van der Waals surface area (Å²) in [7, 11) is 0. The Morgan fingerprint density at radius 1 is 0.892 bits per heavy atom. The van der Waals surface area contributed by atoms with Crippen LogP contribution in [0.1, 0.15) is 45.0 Å². The quantitative estimate of drug-likeness (QED) is 0.299. The van der Waals surface area contributed by atoms with Crippen molar-refractivity contribution < 1.29 is 28.5 Å². The molecule has 4 rings (SSSR count). The number of fused-ring (bicyclic) bond motifs is 2. The number of carbonyl (C=O) groups is 1. The molecule has 0 spiro atoms. The van der Waals surface area contributed by atoms with Crippen molar-refractivity contribution in [3.05, 3.63) is 29.8 Å². The van der Waals surface area contributed by atoms with E-state index in [2.05, 4.69) is 18.7 Å². The van der Waals surface area contributed by atoms with Crippen molar-refractivity contribution in [1.82, 2.24) is 9.88 Å². The van der Waals surface area contributed by atoms with E-state index in [0.29, 0.717) is 72.4 Å². The van der Waals surface area contributed by atoms with E-state index < -0.39 is 0 Å². The second kappa shape index (κ2) is 12.3. The molecule has 0 radical (unpaired) electrons. The molecule has 9 nitrogen and oxygen atoms in total. The van der Waals surface area contributed by atoms with Crippen LogP contribution in [0.2, 0.25) is 0 Å². The third-order valence-electron chi connectivity index (χ3n) is 6.04. The molecule has 0 N–H and O–H groups in total. The second-order valence-electron chi connectivity index (χ2n) is 8.25. The van der Waals surface area contributed by atoms with Crippen molar-refractivity contribution in [2.75, 3.05) is 57.7 Å². The fraction of sp³-hybridized carbons (Fsp3) is 0.481. The molecule has 2 heterocycles. The van der Waals surface area contributed by atoms with Gasteiger partial charge < -0.3 is 28.6 Å². The highest BCUT2D eigenvalue weighted by molar-refractivity contribution is 7.22. The molecule has 0 aliphatic carbocycles. The number of anilines is 1. The minimum atomic E-state index is -0.184. The summed E-state index contributed by atoms with van der Waals surface area (Å²) in [5.41, 5.74) is 1.21. The van der Waals surface area contributed by atoms with Crippen LogP contribution >= 0.6 is 11.3 Å². The Bertz CT molecular complexity index is 1160. The summed E-state index contributed by atoms with van der Waals surface area (Å²) in [6.45, 7) is 14.4. The van der Waals surface area contributed by atoms with Gasteiger partial charge >= 0.3 is 0 Å². The minimum Gasteiger partial charge on any atom is -0.490 e. The molecular formula is C27H35N3O6S. The maximum atomic E-state index is 14.1. The van der Waals surface area contributed by atoms with Gasteiger partial charge in [0.05, 0.1) is 30.0 Å². The minimum absolute atomic E-state index is 0.184. The van der Waals surface area contributed by atoms with Crippen LogP contribution in [-0.4, -0.2) is 68.6 Å². The smallest absolute Gasteiger partial charge is 0.260 e. The Kier molecular flexibility index (Phi) is 8.94. The maximum Gasteiger partial charge on any atom is 0.260 e. The summed E-state index contributed by atoms with van der Waals surface area (Å²) in [6, 6.07) is 7.24. The third-order valence-corrected chi connectivity index (χ3v) is 7.08. The van der Waals surface area contributed by atoms with Crippen LogP contribution in [0.4, 0.5) is 5.13 Å². The van der Waals surface area contributed by atoms with E-state index in [4.69, 9.17) is 28.7 Å². The Hall–Kier alpha value is -3.24. The molecule has 0 fully saturated rings. The fourth-order valence-corrected chi connectivity index (χ4v) is 5.15. The van der Waals surface area contributed by atoms with E-state index in [1.165, 1.54) is 11.3 Å². The van der Waals surface area contributed by atoms with Gasteiger partial charge in [0.1, 0.15) is 0 Å². The Balaban J connectivity index is 1.75. The number of amides is 1. The first kappa shape index (κ1) is 26.8. The van der Waals surface area contributed by atoms with Gasteiger partial charge in [0, 0.05) is 30.8 Å². The van der Waals surface area contributed by atoms with Crippen molar-refractivity contribution in [1.29, 1.82) is 0 Å². The topological polar surface area (TPSA) is 82.6 Å². The van der Waals surface area contributed by atoms with Crippen LogP contribution in [0, 0.1) is 0 Å². The monoisotopic (exact) mass is 529 g/mol. The molecule has 1 aliphatic rings. The van der Waals surface area contributed by atoms with Gasteiger partial charge in [0.15, 0.2) is 28.1 Å². The number of carbonyl (C=O) groups excluding carboxylic acids is 1. The molecule has 0 saturated carbocycles. The lowest BCUT2D eigenvalue weighted by Gasteiger charge is -2.25. The lowest BCUT2D eigenvalue weighted by atomic mass is 10.1. The molecule has 3 aromatic rings. The molecule has 37 heavy (non-hydrogen) atoms. The van der Waals surface area contributed by atoms with E-state index in [1.807, 2.05) is 32.9 Å². The summed E-state index contributed by atoms with van der Waals surface area (Å²) in [5, 5.41) is 0.612. The largest absolute Gasteiger partial charge is 0.490 e. The lowest BCUT2D eigenvalue weighted by molar-refractivity contribution is 0.0982. The molecule has 10 heteroatoms. The number of ether oxygens (including phenoxy) is 5.